The van der Waals surface area contributed by atoms with Crippen molar-refractivity contribution in [3.63, 3.8) is 0 Å². The molecule has 5 nitrogen and oxygen atoms in total. The lowest BCUT2D eigenvalue weighted by Crippen LogP contribution is -2.43. The van der Waals surface area contributed by atoms with Crippen molar-refractivity contribution in [3.8, 4) is 0 Å². The SMILES string of the molecule is CC(=O)N1CCCN(C2CN(CCc3ccccn3)CC2C)CC1. The van der Waals surface area contributed by atoms with Crippen LogP contribution >= 0.6 is 0 Å². The molecule has 2 aliphatic heterocycles. The Bertz CT molecular complexity index is 535. The van der Waals surface area contributed by atoms with Crippen molar-refractivity contribution in [3.05, 3.63) is 30.1 Å². The number of hydrogen-bond acceptors (Lipinski definition) is 4. The van der Waals surface area contributed by atoms with E-state index in [0.717, 1.165) is 52.1 Å². The van der Waals surface area contributed by atoms with E-state index >= 15 is 0 Å². The Kier molecular flexibility index (Phi) is 5.85. The Morgan fingerprint density at radius 1 is 1.21 bits per heavy atom. The van der Waals surface area contributed by atoms with Gasteiger partial charge in [-0.1, -0.05) is 13.0 Å². The van der Waals surface area contributed by atoms with Gasteiger partial charge in [0.25, 0.3) is 0 Å². The lowest BCUT2D eigenvalue weighted by atomic mass is 10.0. The lowest BCUT2D eigenvalue weighted by Gasteiger charge is -2.30. The van der Waals surface area contributed by atoms with Gasteiger partial charge in [-0.25, -0.2) is 0 Å². The van der Waals surface area contributed by atoms with Crippen LogP contribution in [0.25, 0.3) is 0 Å². The van der Waals surface area contributed by atoms with Gasteiger partial charge in [-0.15, -0.1) is 0 Å². The molecule has 0 aliphatic carbocycles. The van der Waals surface area contributed by atoms with Gasteiger partial charge in [-0.2, -0.15) is 0 Å². The van der Waals surface area contributed by atoms with Crippen LogP contribution in [0.1, 0.15) is 26.0 Å². The fourth-order valence-electron chi connectivity index (χ4n) is 4.11. The number of carbonyl (C=O) groups is 1. The van der Waals surface area contributed by atoms with E-state index in [1.165, 1.54) is 12.2 Å². The third-order valence-corrected chi connectivity index (χ3v) is 5.50. The molecule has 24 heavy (non-hydrogen) atoms. The fraction of sp³-hybridized carbons (Fsp3) is 0.684. The zero-order valence-electron chi connectivity index (χ0n) is 15.0. The van der Waals surface area contributed by atoms with Gasteiger partial charge in [0.2, 0.25) is 5.91 Å². The first-order chi connectivity index (χ1) is 11.6. The first-order valence-electron chi connectivity index (χ1n) is 9.25. The minimum atomic E-state index is 0.216. The summed E-state index contributed by atoms with van der Waals surface area (Å²) < 4.78 is 0. The Morgan fingerprint density at radius 3 is 2.83 bits per heavy atom. The highest BCUT2D eigenvalue weighted by Gasteiger charge is 2.34. The van der Waals surface area contributed by atoms with Crippen molar-refractivity contribution >= 4 is 5.91 Å². The summed E-state index contributed by atoms with van der Waals surface area (Å²) in [7, 11) is 0. The molecule has 0 N–H and O–H groups in total. The molecular formula is C19H30N4O. The Balaban J connectivity index is 1.51. The van der Waals surface area contributed by atoms with Crippen molar-refractivity contribution in [2.75, 3.05) is 45.8 Å². The summed E-state index contributed by atoms with van der Waals surface area (Å²) in [6, 6.07) is 6.78. The van der Waals surface area contributed by atoms with Crippen molar-refractivity contribution in [2.24, 2.45) is 5.92 Å². The number of amides is 1. The Labute approximate surface area is 145 Å². The number of aromatic nitrogens is 1. The van der Waals surface area contributed by atoms with Crippen LogP contribution in [-0.4, -0.2) is 77.4 Å². The van der Waals surface area contributed by atoms with Gasteiger partial charge in [0.1, 0.15) is 0 Å². The van der Waals surface area contributed by atoms with Gasteiger partial charge in [0.15, 0.2) is 0 Å². The molecule has 1 amide bonds. The van der Waals surface area contributed by atoms with Crippen LogP contribution in [0.4, 0.5) is 0 Å². The highest BCUT2D eigenvalue weighted by molar-refractivity contribution is 5.73. The van der Waals surface area contributed by atoms with Gasteiger partial charge in [-0.3, -0.25) is 14.7 Å². The fourth-order valence-corrected chi connectivity index (χ4v) is 4.11. The highest BCUT2D eigenvalue weighted by Crippen LogP contribution is 2.23. The van der Waals surface area contributed by atoms with E-state index in [2.05, 4.69) is 33.8 Å². The van der Waals surface area contributed by atoms with Crippen molar-refractivity contribution < 1.29 is 4.79 Å². The van der Waals surface area contributed by atoms with E-state index in [-0.39, 0.29) is 5.91 Å². The van der Waals surface area contributed by atoms with Gasteiger partial charge in [-0.05, 0) is 24.5 Å². The summed E-state index contributed by atoms with van der Waals surface area (Å²) in [5.74, 6) is 0.908. The van der Waals surface area contributed by atoms with Crippen LogP contribution in [0.5, 0.6) is 0 Å². The number of rotatable bonds is 4. The van der Waals surface area contributed by atoms with Gasteiger partial charge < -0.3 is 9.80 Å². The number of nitrogens with zero attached hydrogens (tertiary/aromatic N) is 4. The molecular weight excluding hydrogens is 300 g/mol. The van der Waals surface area contributed by atoms with Crippen LogP contribution in [0.2, 0.25) is 0 Å². The quantitative estimate of drug-likeness (QED) is 0.839. The number of pyridine rings is 1. The van der Waals surface area contributed by atoms with Gasteiger partial charge in [0, 0.05) is 77.1 Å². The molecule has 1 aromatic rings. The molecule has 0 spiro atoms. The van der Waals surface area contributed by atoms with E-state index in [1.54, 1.807) is 6.92 Å². The molecule has 132 valence electrons. The maximum absolute atomic E-state index is 11.6. The summed E-state index contributed by atoms with van der Waals surface area (Å²) in [5, 5.41) is 0. The van der Waals surface area contributed by atoms with Crippen LogP contribution < -0.4 is 0 Å². The van der Waals surface area contributed by atoms with Crippen LogP contribution in [0.15, 0.2) is 24.4 Å². The van der Waals surface area contributed by atoms with Crippen molar-refractivity contribution in [2.45, 2.75) is 32.7 Å². The average Bonchev–Trinajstić information content (AvgIpc) is 2.80. The zero-order chi connectivity index (χ0) is 16.9. The zero-order valence-corrected chi connectivity index (χ0v) is 15.0. The van der Waals surface area contributed by atoms with E-state index in [0.29, 0.717) is 12.0 Å². The number of hydrogen-bond donors (Lipinski definition) is 0. The first kappa shape index (κ1) is 17.4. The summed E-state index contributed by atoms with van der Waals surface area (Å²) in [4.78, 5) is 23.2. The molecule has 2 atom stereocenters. The second-order valence-electron chi connectivity index (χ2n) is 7.27. The van der Waals surface area contributed by atoms with Crippen molar-refractivity contribution in [1.29, 1.82) is 0 Å². The monoisotopic (exact) mass is 330 g/mol. The molecule has 2 saturated heterocycles. The molecule has 0 aromatic carbocycles. The Morgan fingerprint density at radius 2 is 2.08 bits per heavy atom. The second kappa shape index (κ2) is 8.08. The summed E-state index contributed by atoms with van der Waals surface area (Å²) in [6.45, 7) is 11.4. The maximum Gasteiger partial charge on any atom is 0.219 e. The van der Waals surface area contributed by atoms with E-state index < -0.39 is 0 Å². The largest absolute Gasteiger partial charge is 0.342 e. The second-order valence-corrected chi connectivity index (χ2v) is 7.27. The molecule has 0 radical (unpaired) electrons. The Hall–Kier alpha value is -1.46. The number of likely N-dealkylation sites (tertiary alicyclic amines) is 1. The molecule has 0 saturated carbocycles. The average molecular weight is 330 g/mol. The molecule has 3 rings (SSSR count). The standard InChI is InChI=1S/C19H30N4O/c1-16-14-21(11-7-18-6-3-4-8-20-18)15-19(16)23-10-5-9-22(12-13-23)17(2)24/h3-4,6,8,16,19H,5,7,9-15H2,1-2H3. The predicted octanol–water partition coefficient (Wildman–Crippen LogP) is 1.50. The molecule has 0 bridgehead atoms. The molecule has 1 aromatic heterocycles. The van der Waals surface area contributed by atoms with Gasteiger partial charge in [0.05, 0.1) is 0 Å². The summed E-state index contributed by atoms with van der Waals surface area (Å²) >= 11 is 0. The highest BCUT2D eigenvalue weighted by atomic mass is 16.2. The summed E-state index contributed by atoms with van der Waals surface area (Å²) in [6.07, 6.45) is 4.00. The molecule has 2 unspecified atom stereocenters. The third kappa shape index (κ3) is 4.33. The molecule has 3 heterocycles. The van der Waals surface area contributed by atoms with Crippen molar-refractivity contribution in [1.82, 2.24) is 19.7 Å². The topological polar surface area (TPSA) is 39.7 Å². The normalized spacial score (nSPS) is 26.5. The lowest BCUT2D eigenvalue weighted by molar-refractivity contribution is -0.128. The van der Waals surface area contributed by atoms with Crippen LogP contribution in [0.3, 0.4) is 0 Å². The maximum atomic E-state index is 11.6. The van der Waals surface area contributed by atoms with E-state index in [1.807, 2.05) is 17.2 Å². The minimum absolute atomic E-state index is 0.216. The van der Waals surface area contributed by atoms with E-state index in [9.17, 15) is 4.79 Å². The van der Waals surface area contributed by atoms with Crippen LogP contribution in [-0.2, 0) is 11.2 Å². The third-order valence-electron chi connectivity index (χ3n) is 5.50. The smallest absolute Gasteiger partial charge is 0.219 e. The molecule has 2 aliphatic rings. The van der Waals surface area contributed by atoms with Crippen LogP contribution in [0, 0.1) is 5.92 Å². The predicted molar refractivity (Wildman–Crippen MR) is 95.8 cm³/mol. The molecule has 5 heteroatoms. The first-order valence-corrected chi connectivity index (χ1v) is 9.25. The minimum Gasteiger partial charge on any atom is -0.342 e. The summed E-state index contributed by atoms with van der Waals surface area (Å²) in [5.41, 5.74) is 1.18. The van der Waals surface area contributed by atoms with Gasteiger partial charge >= 0.3 is 0 Å². The molecule has 2 fully saturated rings. The number of carbonyl (C=O) groups excluding carboxylic acids is 1. The van der Waals surface area contributed by atoms with E-state index in [4.69, 9.17) is 0 Å².